The molecule has 0 saturated carbocycles. The lowest BCUT2D eigenvalue weighted by Gasteiger charge is -2.34. The summed E-state index contributed by atoms with van der Waals surface area (Å²) >= 11 is 0. The van der Waals surface area contributed by atoms with Crippen LogP contribution >= 0.6 is 0 Å². The number of aliphatic hydroxyl groups is 2. The standard InChI is InChI=1S/C11H21N3O5/c15-7-1-9(10(17)18)12-11(19)14-4-2-13(3-5-14)6-8-16/h9,15-16H,1-8H2,(H,12,19)(H,17,18)/t9-/m1/s1. The lowest BCUT2D eigenvalue weighted by atomic mass is 10.2. The molecule has 0 unspecified atom stereocenters. The number of hydrogen-bond acceptors (Lipinski definition) is 5. The average molecular weight is 275 g/mol. The summed E-state index contributed by atoms with van der Waals surface area (Å²) < 4.78 is 0. The molecule has 1 atom stereocenters. The molecule has 8 heteroatoms. The Kier molecular flexibility index (Phi) is 6.54. The van der Waals surface area contributed by atoms with Gasteiger partial charge in [-0.1, -0.05) is 0 Å². The lowest BCUT2D eigenvalue weighted by molar-refractivity contribution is -0.139. The predicted molar refractivity (Wildman–Crippen MR) is 66.8 cm³/mol. The van der Waals surface area contributed by atoms with Crippen LogP contribution in [0.15, 0.2) is 0 Å². The van der Waals surface area contributed by atoms with Gasteiger partial charge in [-0.05, 0) is 0 Å². The Balaban J connectivity index is 2.39. The topological polar surface area (TPSA) is 113 Å². The zero-order chi connectivity index (χ0) is 14.3. The number of aliphatic carboxylic acids is 1. The van der Waals surface area contributed by atoms with Gasteiger partial charge in [-0.2, -0.15) is 0 Å². The molecular weight excluding hydrogens is 254 g/mol. The first-order chi connectivity index (χ1) is 9.08. The second-order valence-corrected chi connectivity index (χ2v) is 4.40. The van der Waals surface area contributed by atoms with E-state index in [-0.39, 0.29) is 19.6 Å². The first-order valence-corrected chi connectivity index (χ1v) is 6.30. The van der Waals surface area contributed by atoms with Gasteiger partial charge in [-0.3, -0.25) is 4.90 Å². The molecule has 110 valence electrons. The van der Waals surface area contributed by atoms with E-state index in [9.17, 15) is 9.59 Å². The number of carbonyl (C=O) groups excluding carboxylic acids is 1. The van der Waals surface area contributed by atoms with Crippen LogP contribution in [0.4, 0.5) is 4.79 Å². The van der Waals surface area contributed by atoms with Crippen molar-refractivity contribution in [2.24, 2.45) is 0 Å². The summed E-state index contributed by atoms with van der Waals surface area (Å²) in [6.45, 7) is 2.69. The van der Waals surface area contributed by atoms with Crippen molar-refractivity contribution in [3.63, 3.8) is 0 Å². The van der Waals surface area contributed by atoms with Gasteiger partial charge in [0.2, 0.25) is 0 Å². The Morgan fingerprint density at radius 3 is 2.21 bits per heavy atom. The monoisotopic (exact) mass is 275 g/mol. The molecule has 2 amide bonds. The molecule has 0 aromatic carbocycles. The molecule has 19 heavy (non-hydrogen) atoms. The fourth-order valence-electron chi connectivity index (χ4n) is 1.94. The van der Waals surface area contributed by atoms with E-state index in [1.165, 1.54) is 0 Å². The van der Waals surface area contributed by atoms with Gasteiger partial charge in [0.15, 0.2) is 0 Å². The Bertz CT molecular complexity index is 305. The SMILES string of the molecule is O=C(O)[C@@H](CCO)NC(=O)N1CCN(CCO)CC1. The number of amides is 2. The maximum absolute atomic E-state index is 11.9. The minimum absolute atomic E-state index is 0.00838. The van der Waals surface area contributed by atoms with Crippen LogP contribution < -0.4 is 5.32 Å². The summed E-state index contributed by atoms with van der Waals surface area (Å²) in [4.78, 5) is 26.3. The molecule has 1 saturated heterocycles. The molecule has 1 aliphatic heterocycles. The summed E-state index contributed by atoms with van der Waals surface area (Å²) in [6, 6.07) is -1.49. The Labute approximate surface area is 111 Å². The molecule has 0 spiro atoms. The first kappa shape index (κ1) is 15.7. The van der Waals surface area contributed by atoms with Gasteiger partial charge in [0.25, 0.3) is 0 Å². The van der Waals surface area contributed by atoms with Gasteiger partial charge >= 0.3 is 12.0 Å². The van der Waals surface area contributed by atoms with Crippen molar-refractivity contribution < 1.29 is 24.9 Å². The van der Waals surface area contributed by atoms with Gasteiger partial charge in [0, 0.05) is 45.8 Å². The number of hydrogen-bond donors (Lipinski definition) is 4. The number of aliphatic hydroxyl groups excluding tert-OH is 2. The van der Waals surface area contributed by atoms with E-state index < -0.39 is 18.0 Å². The minimum atomic E-state index is -1.15. The molecule has 0 bridgehead atoms. The van der Waals surface area contributed by atoms with E-state index in [4.69, 9.17) is 15.3 Å². The molecule has 1 rings (SSSR count). The van der Waals surface area contributed by atoms with Gasteiger partial charge in [-0.25, -0.2) is 9.59 Å². The van der Waals surface area contributed by atoms with Crippen LogP contribution in [0.1, 0.15) is 6.42 Å². The number of piperazine rings is 1. The molecule has 1 fully saturated rings. The highest BCUT2D eigenvalue weighted by Gasteiger charge is 2.25. The molecular formula is C11H21N3O5. The summed E-state index contributed by atoms with van der Waals surface area (Å²) in [5.74, 6) is -1.15. The second kappa shape index (κ2) is 7.93. The molecule has 8 nitrogen and oxygen atoms in total. The van der Waals surface area contributed by atoms with Gasteiger partial charge in [0.1, 0.15) is 6.04 Å². The van der Waals surface area contributed by atoms with E-state index in [0.717, 1.165) is 0 Å². The normalized spacial score (nSPS) is 18.1. The number of β-amino-alcohol motifs (C(OH)–C–C–N with tert-alkyl or cyclic N) is 1. The van der Waals surface area contributed by atoms with Gasteiger partial charge in [0.05, 0.1) is 6.61 Å². The summed E-state index contributed by atoms with van der Waals surface area (Å²) in [5, 5.41) is 28.8. The number of carboxylic acids is 1. The zero-order valence-corrected chi connectivity index (χ0v) is 10.8. The van der Waals surface area contributed by atoms with Crippen LogP contribution in [-0.2, 0) is 4.79 Å². The lowest BCUT2D eigenvalue weighted by Crippen LogP contribution is -2.55. The van der Waals surface area contributed by atoms with E-state index in [2.05, 4.69) is 5.32 Å². The van der Waals surface area contributed by atoms with Crippen LogP contribution in [0.3, 0.4) is 0 Å². The Morgan fingerprint density at radius 1 is 1.11 bits per heavy atom. The smallest absolute Gasteiger partial charge is 0.326 e. The fourth-order valence-corrected chi connectivity index (χ4v) is 1.94. The highest BCUT2D eigenvalue weighted by atomic mass is 16.4. The Hall–Kier alpha value is -1.38. The number of urea groups is 1. The van der Waals surface area contributed by atoms with E-state index in [1.807, 2.05) is 4.90 Å². The van der Waals surface area contributed by atoms with Crippen molar-refractivity contribution in [1.29, 1.82) is 0 Å². The quantitative estimate of drug-likeness (QED) is 0.452. The molecule has 0 aromatic rings. The van der Waals surface area contributed by atoms with E-state index in [1.54, 1.807) is 4.90 Å². The number of nitrogens with zero attached hydrogens (tertiary/aromatic N) is 2. The van der Waals surface area contributed by atoms with Gasteiger partial charge < -0.3 is 25.5 Å². The molecule has 0 aliphatic carbocycles. The third kappa shape index (κ3) is 5.01. The van der Waals surface area contributed by atoms with E-state index in [0.29, 0.717) is 32.7 Å². The van der Waals surface area contributed by atoms with Gasteiger partial charge in [-0.15, -0.1) is 0 Å². The summed E-state index contributed by atoms with van der Waals surface area (Å²) in [5.41, 5.74) is 0. The molecule has 0 radical (unpaired) electrons. The number of rotatable bonds is 6. The minimum Gasteiger partial charge on any atom is -0.480 e. The van der Waals surface area contributed by atoms with Crippen molar-refractivity contribution in [1.82, 2.24) is 15.1 Å². The molecule has 1 aliphatic rings. The average Bonchev–Trinajstić information content (AvgIpc) is 2.39. The molecule has 1 heterocycles. The fraction of sp³-hybridized carbons (Fsp3) is 0.818. The van der Waals surface area contributed by atoms with Crippen LogP contribution in [0, 0.1) is 0 Å². The zero-order valence-electron chi connectivity index (χ0n) is 10.8. The first-order valence-electron chi connectivity index (χ1n) is 6.30. The largest absolute Gasteiger partial charge is 0.480 e. The highest BCUT2D eigenvalue weighted by molar-refractivity contribution is 5.82. The molecule has 4 N–H and O–H groups in total. The van der Waals surface area contributed by atoms with E-state index >= 15 is 0 Å². The third-order valence-electron chi connectivity index (χ3n) is 3.09. The maximum atomic E-state index is 11.9. The second-order valence-electron chi connectivity index (χ2n) is 4.40. The van der Waals surface area contributed by atoms with Crippen LogP contribution in [0.5, 0.6) is 0 Å². The maximum Gasteiger partial charge on any atom is 0.326 e. The summed E-state index contributed by atoms with van der Waals surface area (Å²) in [6.07, 6.45) is -0.00838. The highest BCUT2D eigenvalue weighted by Crippen LogP contribution is 2.02. The van der Waals surface area contributed by atoms with Crippen LogP contribution in [-0.4, -0.2) is 89.1 Å². The third-order valence-corrected chi connectivity index (χ3v) is 3.09. The van der Waals surface area contributed by atoms with Crippen molar-refractivity contribution >= 4 is 12.0 Å². The number of nitrogens with one attached hydrogen (secondary N) is 1. The number of carbonyl (C=O) groups is 2. The van der Waals surface area contributed by atoms with Crippen molar-refractivity contribution in [2.75, 3.05) is 45.9 Å². The van der Waals surface area contributed by atoms with Crippen molar-refractivity contribution in [3.05, 3.63) is 0 Å². The van der Waals surface area contributed by atoms with Crippen molar-refractivity contribution in [2.45, 2.75) is 12.5 Å². The van der Waals surface area contributed by atoms with Crippen LogP contribution in [0.2, 0.25) is 0 Å². The predicted octanol–water partition coefficient (Wildman–Crippen LogP) is -1.86. The summed E-state index contributed by atoms with van der Waals surface area (Å²) in [7, 11) is 0. The van der Waals surface area contributed by atoms with Crippen LogP contribution in [0.25, 0.3) is 0 Å². The van der Waals surface area contributed by atoms with Crippen molar-refractivity contribution in [3.8, 4) is 0 Å². The molecule has 0 aromatic heterocycles. The Morgan fingerprint density at radius 2 is 1.74 bits per heavy atom. The number of carboxylic acid groups (broad SMARTS) is 1.